The summed E-state index contributed by atoms with van der Waals surface area (Å²) in [5.41, 5.74) is 3.23. The normalized spacial score (nSPS) is 18.2. The van der Waals surface area contributed by atoms with E-state index in [1.165, 1.54) is 11.1 Å². The fourth-order valence-electron chi connectivity index (χ4n) is 4.02. The van der Waals surface area contributed by atoms with Gasteiger partial charge in [0.25, 0.3) is 0 Å². The number of rotatable bonds is 7. The lowest BCUT2D eigenvalue weighted by Crippen LogP contribution is -2.41. The first-order valence-electron chi connectivity index (χ1n) is 10.8. The van der Waals surface area contributed by atoms with Gasteiger partial charge in [-0.25, -0.2) is 4.39 Å². The number of hydrogen-bond acceptors (Lipinski definition) is 3. The Kier molecular flexibility index (Phi) is 8.68. The molecule has 0 aromatic heterocycles. The highest BCUT2D eigenvalue weighted by molar-refractivity contribution is 14.0. The fraction of sp³-hybridized carbons (Fsp3) is 0.458. The minimum atomic E-state index is -0.114. The Bertz CT molecular complexity index is 864. The summed E-state index contributed by atoms with van der Waals surface area (Å²) in [6.07, 6.45) is 2.01. The van der Waals surface area contributed by atoms with Crippen LogP contribution in [0.25, 0.3) is 0 Å². The second kappa shape index (κ2) is 11.2. The molecule has 2 fully saturated rings. The molecule has 1 aliphatic heterocycles. The molecule has 168 valence electrons. The summed E-state index contributed by atoms with van der Waals surface area (Å²) in [4.78, 5) is 6.75. The van der Waals surface area contributed by atoms with Crippen LogP contribution in [0.5, 0.6) is 0 Å². The first-order chi connectivity index (χ1) is 14.7. The Morgan fingerprint density at radius 1 is 1.03 bits per heavy atom. The third kappa shape index (κ3) is 6.40. The van der Waals surface area contributed by atoms with Crippen molar-refractivity contribution in [2.45, 2.75) is 31.3 Å². The lowest BCUT2D eigenvalue weighted by molar-refractivity contribution is 0.0342. The van der Waals surface area contributed by atoms with Crippen molar-refractivity contribution >= 4 is 29.9 Å². The van der Waals surface area contributed by atoms with Gasteiger partial charge < -0.3 is 15.4 Å². The molecular formula is C24H32FIN4O. The van der Waals surface area contributed by atoms with Crippen LogP contribution in [0.3, 0.4) is 0 Å². The quantitative estimate of drug-likeness (QED) is 0.321. The van der Waals surface area contributed by atoms with E-state index >= 15 is 0 Å². The van der Waals surface area contributed by atoms with Crippen molar-refractivity contribution in [3.63, 3.8) is 0 Å². The summed E-state index contributed by atoms with van der Waals surface area (Å²) in [7, 11) is 1.77. The monoisotopic (exact) mass is 538 g/mol. The third-order valence-corrected chi connectivity index (χ3v) is 6.11. The van der Waals surface area contributed by atoms with Gasteiger partial charge in [0, 0.05) is 45.2 Å². The molecule has 0 radical (unpaired) electrons. The standard InChI is InChI=1S/C24H31FN4O.HI/c1-26-23(28-18-24(10-11-24)21-4-2-3-5-22(21)25)27-16-19-6-8-20(9-7-19)17-29-12-14-30-15-13-29;/h2-9H,10-18H2,1H3,(H2,26,27,28);1H. The topological polar surface area (TPSA) is 48.9 Å². The van der Waals surface area contributed by atoms with E-state index in [1.54, 1.807) is 19.2 Å². The lowest BCUT2D eigenvalue weighted by atomic mass is 9.95. The average molecular weight is 538 g/mol. The maximum Gasteiger partial charge on any atom is 0.191 e. The molecule has 2 aromatic rings. The Morgan fingerprint density at radius 2 is 1.71 bits per heavy atom. The van der Waals surface area contributed by atoms with Crippen molar-refractivity contribution in [2.24, 2.45) is 4.99 Å². The zero-order valence-corrected chi connectivity index (χ0v) is 20.4. The number of halogens is 2. The molecule has 1 saturated heterocycles. The fourth-order valence-corrected chi connectivity index (χ4v) is 4.02. The molecule has 4 rings (SSSR count). The molecular weight excluding hydrogens is 506 g/mol. The number of ether oxygens (including phenoxy) is 1. The number of aliphatic imine (C=N–C) groups is 1. The van der Waals surface area contributed by atoms with Crippen LogP contribution >= 0.6 is 24.0 Å². The summed E-state index contributed by atoms with van der Waals surface area (Å²) < 4.78 is 19.6. The van der Waals surface area contributed by atoms with Gasteiger partial charge in [-0.05, 0) is 35.6 Å². The molecule has 0 spiro atoms. The van der Waals surface area contributed by atoms with Crippen LogP contribution in [0.15, 0.2) is 53.5 Å². The number of nitrogens with zero attached hydrogens (tertiary/aromatic N) is 2. The highest BCUT2D eigenvalue weighted by Crippen LogP contribution is 2.48. The second-order valence-corrected chi connectivity index (χ2v) is 8.24. The molecule has 1 aliphatic carbocycles. The van der Waals surface area contributed by atoms with Crippen LogP contribution in [-0.2, 0) is 23.2 Å². The predicted octanol–water partition coefficient (Wildman–Crippen LogP) is 3.67. The van der Waals surface area contributed by atoms with Gasteiger partial charge >= 0.3 is 0 Å². The van der Waals surface area contributed by atoms with E-state index in [9.17, 15) is 4.39 Å². The van der Waals surface area contributed by atoms with Gasteiger partial charge in [-0.3, -0.25) is 9.89 Å². The molecule has 2 aromatic carbocycles. The van der Waals surface area contributed by atoms with Crippen LogP contribution in [0.4, 0.5) is 4.39 Å². The lowest BCUT2D eigenvalue weighted by Gasteiger charge is -2.26. The average Bonchev–Trinajstić information content (AvgIpc) is 3.57. The van der Waals surface area contributed by atoms with Crippen LogP contribution in [0.1, 0.15) is 29.5 Å². The molecule has 0 unspecified atom stereocenters. The van der Waals surface area contributed by atoms with E-state index in [4.69, 9.17) is 4.74 Å². The van der Waals surface area contributed by atoms with E-state index in [0.29, 0.717) is 13.1 Å². The molecule has 0 bridgehead atoms. The first kappa shape index (κ1) is 23.9. The molecule has 0 atom stereocenters. The van der Waals surface area contributed by atoms with Crippen molar-refractivity contribution in [1.29, 1.82) is 0 Å². The van der Waals surface area contributed by atoms with E-state index in [0.717, 1.165) is 57.2 Å². The molecule has 2 N–H and O–H groups in total. The second-order valence-electron chi connectivity index (χ2n) is 8.24. The van der Waals surface area contributed by atoms with Crippen molar-refractivity contribution in [3.05, 3.63) is 71.0 Å². The number of nitrogens with one attached hydrogen (secondary N) is 2. The summed E-state index contributed by atoms with van der Waals surface area (Å²) in [6, 6.07) is 15.8. The van der Waals surface area contributed by atoms with E-state index < -0.39 is 0 Å². The summed E-state index contributed by atoms with van der Waals surface area (Å²) >= 11 is 0. The SMILES string of the molecule is CN=C(NCc1ccc(CN2CCOCC2)cc1)NCC1(c2ccccc2F)CC1.I. The molecule has 1 saturated carbocycles. The van der Waals surface area contributed by atoms with Crippen LogP contribution < -0.4 is 10.6 Å². The van der Waals surface area contributed by atoms with Gasteiger partial charge in [0.05, 0.1) is 13.2 Å². The van der Waals surface area contributed by atoms with Gasteiger partial charge in [-0.1, -0.05) is 42.5 Å². The molecule has 31 heavy (non-hydrogen) atoms. The minimum absolute atomic E-state index is 0. The van der Waals surface area contributed by atoms with Crippen molar-refractivity contribution in [3.8, 4) is 0 Å². The Morgan fingerprint density at radius 3 is 2.35 bits per heavy atom. The Hall–Kier alpha value is -1.71. The summed E-state index contributed by atoms with van der Waals surface area (Å²) in [5, 5.41) is 6.76. The van der Waals surface area contributed by atoms with Gasteiger partial charge in [-0.2, -0.15) is 0 Å². The van der Waals surface area contributed by atoms with E-state index in [-0.39, 0.29) is 35.2 Å². The summed E-state index contributed by atoms with van der Waals surface area (Å²) in [6.45, 7) is 6.01. The van der Waals surface area contributed by atoms with Crippen molar-refractivity contribution < 1.29 is 9.13 Å². The maximum absolute atomic E-state index is 14.2. The highest BCUT2D eigenvalue weighted by Gasteiger charge is 2.45. The largest absolute Gasteiger partial charge is 0.379 e. The third-order valence-electron chi connectivity index (χ3n) is 6.11. The van der Waals surface area contributed by atoms with Crippen LogP contribution in [0, 0.1) is 5.82 Å². The summed E-state index contributed by atoms with van der Waals surface area (Å²) in [5.74, 6) is 0.631. The minimum Gasteiger partial charge on any atom is -0.379 e. The Labute approximate surface area is 201 Å². The predicted molar refractivity (Wildman–Crippen MR) is 133 cm³/mol. The molecule has 1 heterocycles. The molecule has 5 nitrogen and oxygen atoms in total. The first-order valence-corrected chi connectivity index (χ1v) is 10.8. The number of benzene rings is 2. The number of hydrogen-bond donors (Lipinski definition) is 2. The zero-order valence-electron chi connectivity index (χ0n) is 18.1. The Balaban J connectivity index is 0.00000272. The van der Waals surface area contributed by atoms with Gasteiger partial charge in [0.15, 0.2) is 5.96 Å². The van der Waals surface area contributed by atoms with Crippen LogP contribution in [-0.4, -0.2) is 50.8 Å². The number of morpholine rings is 1. The van der Waals surface area contributed by atoms with Gasteiger partial charge in [0.2, 0.25) is 0 Å². The van der Waals surface area contributed by atoms with Crippen LogP contribution in [0.2, 0.25) is 0 Å². The van der Waals surface area contributed by atoms with Crippen molar-refractivity contribution in [1.82, 2.24) is 15.5 Å². The number of guanidine groups is 1. The van der Waals surface area contributed by atoms with E-state index in [1.807, 2.05) is 12.1 Å². The van der Waals surface area contributed by atoms with Gasteiger partial charge in [-0.15, -0.1) is 24.0 Å². The van der Waals surface area contributed by atoms with Crippen molar-refractivity contribution in [2.75, 3.05) is 39.9 Å². The molecule has 7 heteroatoms. The van der Waals surface area contributed by atoms with E-state index in [2.05, 4.69) is 44.8 Å². The maximum atomic E-state index is 14.2. The molecule has 0 amide bonds. The zero-order chi connectivity index (χ0) is 20.8. The smallest absolute Gasteiger partial charge is 0.191 e. The molecule has 2 aliphatic rings. The van der Waals surface area contributed by atoms with Gasteiger partial charge in [0.1, 0.15) is 5.82 Å². The highest BCUT2D eigenvalue weighted by atomic mass is 127.